The first-order valence-electron chi connectivity index (χ1n) is 20.8. The number of carbonyl (C=O) groups excluding carboxylic acids is 4. The van der Waals surface area contributed by atoms with Gasteiger partial charge in [-0.2, -0.15) is 0 Å². The molecule has 2 atom stereocenters. The number of likely N-dealkylation sites (N-methyl/N-ethyl adjacent to an activating group) is 1. The van der Waals surface area contributed by atoms with E-state index in [0.717, 1.165) is 37.0 Å². The second-order valence-corrected chi connectivity index (χ2v) is 16.2. The molecule has 1 fully saturated rings. The molecule has 64 heavy (non-hydrogen) atoms. The Morgan fingerprint density at radius 3 is 1.64 bits per heavy atom. The maximum atomic E-state index is 13.1. The van der Waals surface area contributed by atoms with Gasteiger partial charge in [-0.25, -0.2) is 0 Å². The van der Waals surface area contributed by atoms with Gasteiger partial charge in [0.1, 0.15) is 30.3 Å². The van der Waals surface area contributed by atoms with Crippen LogP contribution in [-0.2, 0) is 14.2 Å². The number of nitrogens with zero attached hydrogens (tertiary/aromatic N) is 4. The molecule has 4 amide bonds. The lowest BCUT2D eigenvalue weighted by molar-refractivity contribution is -0.893. The van der Waals surface area contributed by atoms with Crippen LogP contribution in [0.15, 0.2) is 86.0 Å². The molecule has 0 radical (unpaired) electrons. The van der Waals surface area contributed by atoms with Crippen molar-refractivity contribution in [2.24, 2.45) is 0 Å². The molecule has 5 N–H and O–H groups in total. The molecular weight excluding hydrogens is 825 g/mol. The minimum absolute atomic E-state index is 0. The summed E-state index contributed by atoms with van der Waals surface area (Å²) < 4.78 is 26.6. The molecule has 0 aliphatic carbocycles. The van der Waals surface area contributed by atoms with Crippen molar-refractivity contribution in [3.63, 3.8) is 0 Å². The van der Waals surface area contributed by atoms with Crippen molar-refractivity contribution in [2.45, 2.75) is 25.0 Å². The summed E-state index contributed by atoms with van der Waals surface area (Å²) in [6, 6.07) is 17.9. The van der Waals surface area contributed by atoms with Gasteiger partial charge in [-0.3, -0.25) is 29.0 Å². The van der Waals surface area contributed by atoms with Crippen LogP contribution >= 0.6 is 0 Å². The standard InChI is InChI=1S/C24H31N2O5.C18H20N2O3.C6H10O2.2H2O/c1-5-14-31-16-17(27)15-26(2,3)13-7-12-25-23(28)19-9-6-8-18-21(30-4)11-10-20(22(18)19)24(25)29;1-19(2)10-5-11-20-17(21)13-7-4-6-12-15(23-3)9-8-14(16(12)13)18(20)22;1-2-3-7-4-6-5-8-6;;/h5-6,8-11,17,27H,1,7,12-16H2,2-4H3;4,6-9H,5,10-11H2,1-3H3;2,6H,1,3-5H2;2*1H2/q+1;;;;. The van der Waals surface area contributed by atoms with E-state index in [1.54, 1.807) is 62.8 Å². The second kappa shape index (κ2) is 24.5. The zero-order chi connectivity index (χ0) is 45.0. The Morgan fingerprint density at radius 1 is 0.750 bits per heavy atom. The van der Waals surface area contributed by atoms with Crippen LogP contribution < -0.4 is 9.47 Å². The topological polar surface area (TPSA) is 211 Å². The van der Waals surface area contributed by atoms with Gasteiger partial charge in [0.15, 0.2) is 0 Å². The predicted molar refractivity (Wildman–Crippen MR) is 246 cm³/mol. The quantitative estimate of drug-likeness (QED) is 0.0444. The SMILES string of the molecule is C=CCOCC(O)C[N+](C)(C)CCCN1C(=O)c2cccc3c(OC)ccc(c23)C1=O.C=CCOCC1CO1.COc1ccc2c3c(cccc13)C(=O)N(CCCN(C)C)C2=O.O.O. The van der Waals surface area contributed by atoms with Gasteiger partial charge in [0.25, 0.3) is 23.6 Å². The summed E-state index contributed by atoms with van der Waals surface area (Å²) in [5, 5.41) is 13.1. The number of benzene rings is 4. The van der Waals surface area contributed by atoms with E-state index in [1.165, 1.54) is 9.80 Å². The van der Waals surface area contributed by atoms with Gasteiger partial charge < -0.3 is 49.1 Å². The van der Waals surface area contributed by atoms with Crippen LogP contribution in [0.4, 0.5) is 0 Å². The number of imide groups is 2. The van der Waals surface area contributed by atoms with Gasteiger partial charge in [-0.15, -0.1) is 13.2 Å². The number of ether oxygens (including phenoxy) is 5. The van der Waals surface area contributed by atoms with E-state index in [9.17, 15) is 24.3 Å². The van der Waals surface area contributed by atoms with Crippen LogP contribution in [0.1, 0.15) is 54.3 Å². The van der Waals surface area contributed by atoms with Crippen LogP contribution in [0.2, 0.25) is 0 Å². The number of quaternary nitrogens is 1. The normalized spacial score (nSPS) is 15.3. The fraction of sp³-hybridized carbons (Fsp3) is 0.417. The number of hydrogen-bond acceptors (Lipinski definition) is 11. The third-order valence-electron chi connectivity index (χ3n) is 10.7. The molecule has 4 aromatic carbocycles. The summed E-state index contributed by atoms with van der Waals surface area (Å²) >= 11 is 0. The number of aliphatic hydroxyl groups is 1. The van der Waals surface area contributed by atoms with Crippen LogP contribution in [0.5, 0.6) is 11.5 Å². The van der Waals surface area contributed by atoms with Crippen LogP contribution in [0, 0.1) is 0 Å². The zero-order valence-corrected chi connectivity index (χ0v) is 37.9. The van der Waals surface area contributed by atoms with Crippen molar-refractivity contribution >= 4 is 45.2 Å². The van der Waals surface area contributed by atoms with Crippen molar-refractivity contribution in [3.8, 4) is 11.5 Å². The first kappa shape index (κ1) is 52.8. The summed E-state index contributed by atoms with van der Waals surface area (Å²) in [4.78, 5) is 56.4. The van der Waals surface area contributed by atoms with Crippen LogP contribution in [0.25, 0.3) is 21.5 Å². The number of carbonyl (C=O) groups is 4. The van der Waals surface area contributed by atoms with E-state index >= 15 is 0 Å². The van der Waals surface area contributed by atoms with Crippen molar-refractivity contribution in [1.82, 2.24) is 14.7 Å². The minimum Gasteiger partial charge on any atom is -0.496 e. The molecule has 7 rings (SSSR count). The number of hydrogen-bond donors (Lipinski definition) is 1. The van der Waals surface area contributed by atoms with Crippen molar-refractivity contribution < 1.29 is 63.4 Å². The van der Waals surface area contributed by atoms with Gasteiger partial charge in [-0.05, 0) is 63.5 Å². The molecular formula is C48H65N4O12+. The monoisotopic (exact) mass is 889 g/mol. The number of rotatable bonds is 20. The Labute approximate surface area is 375 Å². The highest BCUT2D eigenvalue weighted by Crippen LogP contribution is 2.37. The van der Waals surface area contributed by atoms with E-state index in [2.05, 4.69) is 13.2 Å². The fourth-order valence-corrected chi connectivity index (χ4v) is 7.65. The summed E-state index contributed by atoms with van der Waals surface area (Å²) in [6.45, 7) is 12.8. The number of epoxide rings is 1. The zero-order valence-electron chi connectivity index (χ0n) is 37.9. The van der Waals surface area contributed by atoms with Gasteiger partial charge in [0.2, 0.25) is 0 Å². The second-order valence-electron chi connectivity index (χ2n) is 16.2. The Bertz CT molecular complexity index is 2210. The molecule has 3 aliphatic rings. The molecule has 16 nitrogen and oxygen atoms in total. The maximum Gasteiger partial charge on any atom is 0.261 e. The molecule has 4 aromatic rings. The van der Waals surface area contributed by atoms with Crippen molar-refractivity contribution in [2.75, 3.05) is 108 Å². The van der Waals surface area contributed by atoms with Gasteiger partial charge in [0.05, 0.1) is 67.9 Å². The lowest BCUT2D eigenvalue weighted by Gasteiger charge is -2.33. The summed E-state index contributed by atoms with van der Waals surface area (Å²) in [6.07, 6.45) is 4.57. The average Bonchev–Trinajstić information content (AvgIpc) is 4.09. The van der Waals surface area contributed by atoms with Crippen LogP contribution in [-0.4, -0.2) is 179 Å². The molecule has 0 spiro atoms. The molecule has 348 valence electrons. The highest BCUT2D eigenvalue weighted by atomic mass is 16.6. The van der Waals surface area contributed by atoms with Crippen molar-refractivity contribution in [3.05, 3.63) is 108 Å². The first-order chi connectivity index (χ1) is 29.8. The van der Waals surface area contributed by atoms with E-state index in [1.807, 2.05) is 57.4 Å². The van der Waals surface area contributed by atoms with E-state index in [0.29, 0.717) is 101 Å². The number of methoxy groups -OCH3 is 2. The van der Waals surface area contributed by atoms with Gasteiger partial charge in [-0.1, -0.05) is 36.4 Å². The largest absolute Gasteiger partial charge is 0.496 e. The highest BCUT2D eigenvalue weighted by Gasteiger charge is 2.35. The molecule has 2 unspecified atom stereocenters. The minimum atomic E-state index is -0.590. The Balaban J connectivity index is 0.000000289. The van der Waals surface area contributed by atoms with Gasteiger partial charge in [0, 0.05) is 63.3 Å². The Hall–Kier alpha value is -5.56. The number of aliphatic hydroxyl groups excluding tert-OH is 1. The maximum absolute atomic E-state index is 13.1. The summed E-state index contributed by atoms with van der Waals surface area (Å²) in [5.74, 6) is 0.316. The third-order valence-corrected chi connectivity index (χ3v) is 10.7. The van der Waals surface area contributed by atoms with Crippen molar-refractivity contribution in [1.29, 1.82) is 0 Å². The summed E-state index contributed by atoms with van der Waals surface area (Å²) in [7, 11) is 11.1. The van der Waals surface area contributed by atoms with E-state index in [-0.39, 0.29) is 41.2 Å². The lowest BCUT2D eigenvalue weighted by Crippen LogP contribution is -2.48. The average molecular weight is 890 g/mol. The van der Waals surface area contributed by atoms with E-state index in [4.69, 9.17) is 23.7 Å². The highest BCUT2D eigenvalue weighted by molar-refractivity contribution is 6.27. The molecule has 0 saturated carbocycles. The fourth-order valence-electron chi connectivity index (χ4n) is 7.65. The molecule has 0 aromatic heterocycles. The van der Waals surface area contributed by atoms with E-state index < -0.39 is 6.10 Å². The molecule has 3 heterocycles. The Morgan fingerprint density at radius 2 is 1.20 bits per heavy atom. The smallest absolute Gasteiger partial charge is 0.261 e. The van der Waals surface area contributed by atoms with Crippen LogP contribution in [0.3, 0.4) is 0 Å². The molecule has 1 saturated heterocycles. The molecule has 3 aliphatic heterocycles. The summed E-state index contributed by atoms with van der Waals surface area (Å²) in [5.41, 5.74) is 2.19. The third kappa shape index (κ3) is 13.0. The molecule has 0 bridgehead atoms. The lowest BCUT2D eigenvalue weighted by atomic mass is 9.93. The number of amides is 4. The van der Waals surface area contributed by atoms with Gasteiger partial charge >= 0.3 is 0 Å². The predicted octanol–water partition coefficient (Wildman–Crippen LogP) is 3.81. The molecule has 16 heteroatoms. The Kier molecular flexibility index (Phi) is 20.2. The first-order valence-corrected chi connectivity index (χ1v) is 20.8.